The predicted octanol–water partition coefficient (Wildman–Crippen LogP) is 3.10. The van der Waals surface area contributed by atoms with Gasteiger partial charge in [-0.2, -0.15) is 0 Å². The molecule has 0 saturated heterocycles. The van der Waals surface area contributed by atoms with E-state index in [-0.39, 0.29) is 5.91 Å². The molecule has 0 aliphatic carbocycles. The molecule has 1 aliphatic heterocycles. The van der Waals surface area contributed by atoms with E-state index < -0.39 is 0 Å². The maximum atomic E-state index is 12.4. The first-order chi connectivity index (χ1) is 12.3. The minimum Gasteiger partial charge on any atom is -0.347 e. The number of carbonyl (C=O) groups excluding carboxylic acids is 1. The lowest BCUT2D eigenvalue weighted by Gasteiger charge is -2.19. The molecule has 1 aliphatic rings. The molecular weight excluding hydrogens is 312 g/mol. The molecule has 25 heavy (non-hydrogen) atoms. The number of amides is 1. The van der Waals surface area contributed by atoms with Crippen LogP contribution in [0.5, 0.6) is 0 Å². The van der Waals surface area contributed by atoms with Crippen LogP contribution in [-0.4, -0.2) is 22.4 Å². The van der Waals surface area contributed by atoms with Crippen molar-refractivity contribution in [2.24, 2.45) is 0 Å². The van der Waals surface area contributed by atoms with E-state index in [9.17, 15) is 4.79 Å². The van der Waals surface area contributed by atoms with Crippen LogP contribution in [0.1, 0.15) is 21.6 Å². The van der Waals surface area contributed by atoms with Crippen molar-refractivity contribution in [3.05, 3.63) is 83.9 Å². The molecule has 2 aromatic heterocycles. The van der Waals surface area contributed by atoms with Crippen molar-refractivity contribution in [3.63, 3.8) is 0 Å². The first-order valence-corrected chi connectivity index (χ1v) is 8.30. The molecule has 0 saturated carbocycles. The summed E-state index contributed by atoms with van der Waals surface area (Å²) in [6, 6.07) is 15.9. The third-order valence-corrected chi connectivity index (χ3v) is 4.35. The molecular formula is C20H18N4O. The summed E-state index contributed by atoms with van der Waals surface area (Å²) in [5.41, 5.74) is 4.91. The lowest BCUT2D eigenvalue weighted by atomic mass is 10.2. The van der Waals surface area contributed by atoms with E-state index in [1.54, 1.807) is 18.6 Å². The van der Waals surface area contributed by atoms with Gasteiger partial charge in [0.25, 0.3) is 5.91 Å². The van der Waals surface area contributed by atoms with Gasteiger partial charge >= 0.3 is 0 Å². The van der Waals surface area contributed by atoms with Crippen molar-refractivity contribution in [1.82, 2.24) is 15.3 Å². The molecule has 5 nitrogen and oxygen atoms in total. The molecule has 4 rings (SSSR count). The molecule has 0 bridgehead atoms. The van der Waals surface area contributed by atoms with Gasteiger partial charge in [-0.05, 0) is 41.8 Å². The summed E-state index contributed by atoms with van der Waals surface area (Å²) >= 11 is 0. The molecule has 0 spiro atoms. The molecule has 3 heterocycles. The maximum absolute atomic E-state index is 12.4. The van der Waals surface area contributed by atoms with Crippen LogP contribution >= 0.6 is 0 Å². The van der Waals surface area contributed by atoms with Crippen molar-refractivity contribution >= 4 is 17.3 Å². The number of aromatic nitrogens is 2. The summed E-state index contributed by atoms with van der Waals surface area (Å²) in [6.45, 7) is 1.35. The Labute approximate surface area is 146 Å². The van der Waals surface area contributed by atoms with Gasteiger partial charge in [0.1, 0.15) is 5.69 Å². The third kappa shape index (κ3) is 3.21. The summed E-state index contributed by atoms with van der Waals surface area (Å²) in [4.78, 5) is 22.9. The molecule has 1 N–H and O–H groups in total. The number of pyridine rings is 2. The van der Waals surface area contributed by atoms with E-state index in [1.807, 2.05) is 30.3 Å². The topological polar surface area (TPSA) is 58.1 Å². The van der Waals surface area contributed by atoms with Gasteiger partial charge in [-0.3, -0.25) is 14.8 Å². The number of fused-ring (bicyclic) bond motifs is 1. The molecule has 3 aromatic rings. The average Bonchev–Trinajstić information content (AvgIpc) is 3.11. The summed E-state index contributed by atoms with van der Waals surface area (Å²) in [7, 11) is 0. The summed E-state index contributed by atoms with van der Waals surface area (Å²) in [5, 5.41) is 2.89. The number of nitrogens with zero attached hydrogens (tertiary/aromatic N) is 3. The highest BCUT2D eigenvalue weighted by molar-refractivity contribution is 5.93. The van der Waals surface area contributed by atoms with Gasteiger partial charge in [-0.15, -0.1) is 0 Å². The molecule has 0 fully saturated rings. The highest BCUT2D eigenvalue weighted by Gasteiger charge is 2.20. The Bertz CT molecular complexity index is 895. The first-order valence-electron chi connectivity index (χ1n) is 8.30. The SMILES string of the molecule is O=C(NCc1cccnc1)c1cc(N2CCc3ccccc32)ccn1. The van der Waals surface area contributed by atoms with E-state index in [0.29, 0.717) is 12.2 Å². The second-order valence-corrected chi connectivity index (χ2v) is 5.97. The van der Waals surface area contributed by atoms with Crippen molar-refractivity contribution < 1.29 is 4.79 Å². The standard InChI is InChI=1S/C20H18N4O/c25-20(23-14-15-4-3-9-21-13-15)18-12-17(7-10-22-18)24-11-8-16-5-1-2-6-19(16)24/h1-7,9-10,12-13H,8,11,14H2,(H,23,25). The minimum absolute atomic E-state index is 0.182. The van der Waals surface area contributed by atoms with Gasteiger partial charge in [0.2, 0.25) is 0 Å². The van der Waals surface area contributed by atoms with E-state index in [4.69, 9.17) is 0 Å². The molecule has 1 amide bonds. The van der Waals surface area contributed by atoms with E-state index >= 15 is 0 Å². The van der Waals surface area contributed by atoms with Crippen LogP contribution in [0.25, 0.3) is 0 Å². The molecule has 0 atom stereocenters. The van der Waals surface area contributed by atoms with Gasteiger partial charge in [0.05, 0.1) is 0 Å². The van der Waals surface area contributed by atoms with Crippen LogP contribution < -0.4 is 10.2 Å². The van der Waals surface area contributed by atoms with Gasteiger partial charge in [-0.25, -0.2) is 0 Å². The fourth-order valence-electron chi connectivity index (χ4n) is 3.09. The van der Waals surface area contributed by atoms with Crippen LogP contribution in [0.3, 0.4) is 0 Å². The zero-order chi connectivity index (χ0) is 17.1. The summed E-state index contributed by atoms with van der Waals surface area (Å²) < 4.78 is 0. The lowest BCUT2D eigenvalue weighted by molar-refractivity contribution is 0.0946. The minimum atomic E-state index is -0.182. The first kappa shape index (κ1) is 15.3. The highest BCUT2D eigenvalue weighted by atomic mass is 16.1. The quantitative estimate of drug-likeness (QED) is 0.798. The number of anilines is 2. The van der Waals surface area contributed by atoms with E-state index in [1.165, 1.54) is 11.3 Å². The second-order valence-electron chi connectivity index (χ2n) is 5.97. The Balaban J connectivity index is 1.51. The van der Waals surface area contributed by atoms with Crippen LogP contribution in [-0.2, 0) is 13.0 Å². The molecule has 0 unspecified atom stereocenters. The zero-order valence-corrected chi connectivity index (χ0v) is 13.7. The molecule has 0 radical (unpaired) electrons. The Kier molecular flexibility index (Phi) is 4.12. The van der Waals surface area contributed by atoms with Crippen LogP contribution in [0.15, 0.2) is 67.1 Å². The fourth-order valence-corrected chi connectivity index (χ4v) is 3.09. The van der Waals surface area contributed by atoms with Crippen molar-refractivity contribution in [3.8, 4) is 0 Å². The highest BCUT2D eigenvalue weighted by Crippen LogP contribution is 2.34. The van der Waals surface area contributed by atoms with Crippen molar-refractivity contribution in [2.45, 2.75) is 13.0 Å². The summed E-state index contributed by atoms with van der Waals surface area (Å²) in [6.07, 6.45) is 6.16. The molecule has 1 aromatic carbocycles. The number of hydrogen-bond acceptors (Lipinski definition) is 4. The van der Waals surface area contributed by atoms with Gasteiger partial charge < -0.3 is 10.2 Å². The van der Waals surface area contributed by atoms with Gasteiger partial charge in [0.15, 0.2) is 0 Å². The zero-order valence-electron chi connectivity index (χ0n) is 13.7. The predicted molar refractivity (Wildman–Crippen MR) is 96.8 cm³/mol. The third-order valence-electron chi connectivity index (χ3n) is 4.35. The van der Waals surface area contributed by atoms with Crippen LogP contribution in [0, 0.1) is 0 Å². The smallest absolute Gasteiger partial charge is 0.270 e. The normalized spacial score (nSPS) is 12.7. The number of carbonyl (C=O) groups is 1. The van der Waals surface area contributed by atoms with Gasteiger partial charge in [0, 0.05) is 43.1 Å². The Morgan fingerprint density at radius 1 is 1.12 bits per heavy atom. The van der Waals surface area contributed by atoms with Crippen molar-refractivity contribution in [1.29, 1.82) is 0 Å². The van der Waals surface area contributed by atoms with Gasteiger partial charge in [-0.1, -0.05) is 24.3 Å². The molecule has 124 valence electrons. The fraction of sp³-hybridized carbons (Fsp3) is 0.150. The number of rotatable bonds is 4. The maximum Gasteiger partial charge on any atom is 0.270 e. The largest absolute Gasteiger partial charge is 0.347 e. The van der Waals surface area contributed by atoms with Crippen LogP contribution in [0.4, 0.5) is 11.4 Å². The second kappa shape index (κ2) is 6.73. The monoisotopic (exact) mass is 330 g/mol. The molecule has 5 heteroatoms. The number of hydrogen-bond donors (Lipinski definition) is 1. The number of benzene rings is 1. The average molecular weight is 330 g/mol. The summed E-state index contributed by atoms with van der Waals surface area (Å²) in [5.74, 6) is -0.182. The van der Waals surface area contributed by atoms with Crippen molar-refractivity contribution in [2.75, 3.05) is 11.4 Å². The lowest BCUT2D eigenvalue weighted by Crippen LogP contribution is -2.24. The Hall–Kier alpha value is -3.21. The van der Waals surface area contributed by atoms with Crippen LogP contribution in [0.2, 0.25) is 0 Å². The Morgan fingerprint density at radius 3 is 2.92 bits per heavy atom. The Morgan fingerprint density at radius 2 is 2.04 bits per heavy atom. The van der Waals surface area contributed by atoms with E-state index in [2.05, 4.69) is 38.4 Å². The number of nitrogens with one attached hydrogen (secondary N) is 1. The number of para-hydroxylation sites is 1. The van der Waals surface area contributed by atoms with E-state index in [0.717, 1.165) is 24.2 Å².